The van der Waals surface area contributed by atoms with Crippen molar-refractivity contribution in [3.63, 3.8) is 0 Å². The van der Waals surface area contributed by atoms with E-state index in [9.17, 15) is 5.11 Å². The van der Waals surface area contributed by atoms with Crippen LogP contribution in [0.25, 0.3) is 0 Å². The van der Waals surface area contributed by atoms with Crippen molar-refractivity contribution >= 4 is 11.3 Å². The Morgan fingerprint density at radius 2 is 1.95 bits per heavy atom. The summed E-state index contributed by atoms with van der Waals surface area (Å²) >= 11 is 1.78. The predicted octanol–water partition coefficient (Wildman–Crippen LogP) is 3.42. The predicted molar refractivity (Wildman–Crippen MR) is 85.1 cm³/mol. The standard InChI is InChI=1S/C16H28N2OS/c1-16(2,3)15-17-13(11-20-15)9-18(4)14-7-5-12(10-19)6-8-14/h11-12,14,19H,5-10H2,1-4H3. The molecule has 1 fully saturated rings. The average Bonchev–Trinajstić information content (AvgIpc) is 2.87. The summed E-state index contributed by atoms with van der Waals surface area (Å²) in [6, 6.07) is 0.651. The molecule has 2 rings (SSSR count). The quantitative estimate of drug-likeness (QED) is 0.925. The van der Waals surface area contributed by atoms with Gasteiger partial charge in [-0.2, -0.15) is 0 Å². The number of nitrogens with zero attached hydrogens (tertiary/aromatic N) is 2. The van der Waals surface area contributed by atoms with Gasteiger partial charge in [-0.15, -0.1) is 11.3 Å². The van der Waals surface area contributed by atoms with Crippen molar-refractivity contribution in [1.82, 2.24) is 9.88 Å². The van der Waals surface area contributed by atoms with Gasteiger partial charge >= 0.3 is 0 Å². The molecule has 0 atom stereocenters. The number of aliphatic hydroxyl groups is 1. The lowest BCUT2D eigenvalue weighted by Crippen LogP contribution is -2.35. The van der Waals surface area contributed by atoms with Crippen LogP contribution in [0.2, 0.25) is 0 Å². The highest BCUT2D eigenvalue weighted by Gasteiger charge is 2.24. The number of thiazole rings is 1. The van der Waals surface area contributed by atoms with E-state index in [1.165, 1.54) is 23.5 Å². The van der Waals surface area contributed by atoms with E-state index < -0.39 is 0 Å². The molecule has 1 aliphatic rings. The zero-order valence-corrected chi connectivity index (χ0v) is 14.0. The second-order valence-electron chi connectivity index (χ2n) is 7.17. The Bertz CT molecular complexity index is 416. The highest BCUT2D eigenvalue weighted by molar-refractivity contribution is 7.09. The Morgan fingerprint density at radius 3 is 2.45 bits per heavy atom. The molecule has 1 heterocycles. The van der Waals surface area contributed by atoms with Gasteiger partial charge in [0.05, 0.1) is 10.7 Å². The first-order valence-corrected chi connectivity index (χ1v) is 8.54. The largest absolute Gasteiger partial charge is 0.396 e. The molecule has 3 nitrogen and oxygen atoms in total. The van der Waals surface area contributed by atoms with E-state index in [1.54, 1.807) is 11.3 Å². The fourth-order valence-electron chi connectivity index (χ4n) is 2.88. The van der Waals surface area contributed by atoms with Crippen molar-refractivity contribution in [1.29, 1.82) is 0 Å². The summed E-state index contributed by atoms with van der Waals surface area (Å²) in [5.74, 6) is 0.534. The summed E-state index contributed by atoms with van der Waals surface area (Å²) in [6.45, 7) is 7.96. The van der Waals surface area contributed by atoms with Crippen LogP contribution >= 0.6 is 11.3 Å². The van der Waals surface area contributed by atoms with Crippen LogP contribution in [0.4, 0.5) is 0 Å². The highest BCUT2D eigenvalue weighted by atomic mass is 32.1. The molecule has 114 valence electrons. The van der Waals surface area contributed by atoms with Crippen molar-refractivity contribution in [2.75, 3.05) is 13.7 Å². The van der Waals surface area contributed by atoms with Crippen molar-refractivity contribution in [2.45, 2.75) is 64.5 Å². The zero-order valence-electron chi connectivity index (χ0n) is 13.2. The Balaban J connectivity index is 1.88. The van der Waals surface area contributed by atoms with Gasteiger partial charge in [-0.05, 0) is 38.6 Å². The smallest absolute Gasteiger partial charge is 0.0982 e. The van der Waals surface area contributed by atoms with Gasteiger partial charge < -0.3 is 5.11 Å². The van der Waals surface area contributed by atoms with Gasteiger partial charge in [-0.25, -0.2) is 4.98 Å². The van der Waals surface area contributed by atoms with E-state index in [0.29, 0.717) is 18.6 Å². The van der Waals surface area contributed by atoms with Gasteiger partial charge in [0.2, 0.25) is 0 Å². The Labute approximate surface area is 127 Å². The Hall–Kier alpha value is -0.450. The summed E-state index contributed by atoms with van der Waals surface area (Å²) in [7, 11) is 2.21. The maximum absolute atomic E-state index is 9.21. The summed E-state index contributed by atoms with van der Waals surface area (Å²) in [5.41, 5.74) is 1.35. The summed E-state index contributed by atoms with van der Waals surface area (Å²) in [6.07, 6.45) is 4.74. The minimum absolute atomic E-state index is 0.153. The van der Waals surface area contributed by atoms with Gasteiger partial charge in [0.25, 0.3) is 0 Å². The van der Waals surface area contributed by atoms with Gasteiger partial charge in [-0.1, -0.05) is 20.8 Å². The van der Waals surface area contributed by atoms with Gasteiger partial charge in [0.15, 0.2) is 0 Å². The second kappa shape index (κ2) is 6.54. The number of aromatic nitrogens is 1. The molecule has 0 unspecified atom stereocenters. The van der Waals surface area contributed by atoms with Crippen LogP contribution in [0.1, 0.15) is 57.2 Å². The first-order chi connectivity index (χ1) is 9.40. The third-order valence-corrected chi connectivity index (χ3v) is 5.62. The third kappa shape index (κ3) is 4.03. The van der Waals surface area contributed by atoms with Gasteiger partial charge in [0, 0.05) is 30.0 Å². The van der Waals surface area contributed by atoms with E-state index in [1.807, 2.05) is 0 Å². The van der Waals surface area contributed by atoms with E-state index in [4.69, 9.17) is 4.98 Å². The first kappa shape index (κ1) is 15.9. The zero-order chi connectivity index (χ0) is 14.8. The summed E-state index contributed by atoms with van der Waals surface area (Å²) in [4.78, 5) is 7.22. The number of hydrogen-bond acceptors (Lipinski definition) is 4. The molecule has 0 saturated heterocycles. The number of hydrogen-bond donors (Lipinski definition) is 1. The van der Waals surface area contributed by atoms with Crippen LogP contribution in [-0.4, -0.2) is 34.7 Å². The Kier molecular flexibility index (Phi) is 5.21. The summed E-state index contributed by atoms with van der Waals surface area (Å²) in [5, 5.41) is 12.6. The molecule has 1 aliphatic carbocycles. The molecule has 1 aromatic heterocycles. The Morgan fingerprint density at radius 1 is 1.30 bits per heavy atom. The van der Waals surface area contributed by atoms with Gasteiger partial charge in [0.1, 0.15) is 0 Å². The second-order valence-corrected chi connectivity index (χ2v) is 8.02. The van der Waals surface area contributed by atoms with Crippen LogP contribution in [0.3, 0.4) is 0 Å². The van der Waals surface area contributed by atoms with Crippen LogP contribution in [0.5, 0.6) is 0 Å². The lowest BCUT2D eigenvalue weighted by atomic mass is 9.86. The topological polar surface area (TPSA) is 36.4 Å². The lowest BCUT2D eigenvalue weighted by molar-refractivity contribution is 0.123. The molecule has 0 bridgehead atoms. The van der Waals surface area contributed by atoms with Crippen LogP contribution in [0, 0.1) is 5.92 Å². The SMILES string of the molecule is CN(Cc1csc(C(C)(C)C)n1)C1CCC(CO)CC1. The van der Waals surface area contributed by atoms with Crippen LogP contribution < -0.4 is 0 Å². The molecular weight excluding hydrogens is 268 g/mol. The van der Waals surface area contributed by atoms with Crippen molar-refractivity contribution in [2.24, 2.45) is 5.92 Å². The molecule has 0 radical (unpaired) electrons. The normalized spacial score (nSPS) is 24.3. The fourth-order valence-corrected chi connectivity index (χ4v) is 3.78. The molecule has 0 aromatic carbocycles. The number of aliphatic hydroxyl groups excluding tert-OH is 1. The molecule has 1 saturated carbocycles. The minimum atomic E-state index is 0.153. The molecule has 0 amide bonds. The van der Waals surface area contributed by atoms with Gasteiger partial charge in [-0.3, -0.25) is 4.90 Å². The highest BCUT2D eigenvalue weighted by Crippen LogP contribution is 2.29. The van der Waals surface area contributed by atoms with Crippen molar-refractivity contribution in [3.05, 3.63) is 16.1 Å². The maximum Gasteiger partial charge on any atom is 0.0982 e. The minimum Gasteiger partial charge on any atom is -0.396 e. The van der Waals surface area contributed by atoms with Crippen LogP contribution in [-0.2, 0) is 12.0 Å². The van der Waals surface area contributed by atoms with Crippen molar-refractivity contribution < 1.29 is 5.11 Å². The molecular formula is C16H28N2OS. The maximum atomic E-state index is 9.21. The fraction of sp³-hybridized carbons (Fsp3) is 0.812. The van der Waals surface area contributed by atoms with E-state index in [2.05, 4.69) is 38.1 Å². The monoisotopic (exact) mass is 296 g/mol. The molecule has 0 aliphatic heterocycles. The molecule has 0 spiro atoms. The van der Waals surface area contributed by atoms with Crippen LogP contribution in [0.15, 0.2) is 5.38 Å². The average molecular weight is 296 g/mol. The van der Waals surface area contributed by atoms with E-state index in [-0.39, 0.29) is 5.41 Å². The summed E-state index contributed by atoms with van der Waals surface area (Å²) < 4.78 is 0. The molecule has 20 heavy (non-hydrogen) atoms. The van der Waals surface area contributed by atoms with E-state index in [0.717, 1.165) is 19.4 Å². The molecule has 1 aromatic rings. The first-order valence-electron chi connectivity index (χ1n) is 7.66. The van der Waals surface area contributed by atoms with Crippen molar-refractivity contribution in [3.8, 4) is 0 Å². The third-order valence-electron chi connectivity index (χ3n) is 4.30. The molecule has 1 N–H and O–H groups in total. The lowest BCUT2D eigenvalue weighted by Gasteiger charge is -2.33. The molecule has 4 heteroatoms. The van der Waals surface area contributed by atoms with E-state index >= 15 is 0 Å². The number of rotatable bonds is 4.